The molecule has 1 aliphatic rings. The SMILES string of the molecule is CCc1ccc(NC(=O)COc2ccc(C(=S)N3CCN(Cc4ccccc4)CC3)cc2OC)cc1. The average molecular weight is 504 g/mol. The van der Waals surface area contributed by atoms with Crippen LogP contribution in [0.25, 0.3) is 0 Å². The lowest BCUT2D eigenvalue weighted by Crippen LogP contribution is -2.48. The van der Waals surface area contributed by atoms with E-state index in [1.165, 1.54) is 11.1 Å². The molecule has 1 saturated heterocycles. The van der Waals surface area contributed by atoms with Gasteiger partial charge in [-0.2, -0.15) is 0 Å². The Morgan fingerprint density at radius 3 is 2.31 bits per heavy atom. The molecule has 188 valence electrons. The van der Waals surface area contributed by atoms with Crippen molar-refractivity contribution in [2.75, 3.05) is 45.2 Å². The number of thiocarbonyl (C=S) groups is 1. The largest absolute Gasteiger partial charge is 0.493 e. The summed E-state index contributed by atoms with van der Waals surface area (Å²) in [5, 5.41) is 2.86. The van der Waals surface area contributed by atoms with E-state index in [4.69, 9.17) is 21.7 Å². The normalized spacial score (nSPS) is 13.8. The lowest BCUT2D eigenvalue weighted by molar-refractivity contribution is -0.118. The fourth-order valence-electron chi connectivity index (χ4n) is 4.22. The Morgan fingerprint density at radius 2 is 1.64 bits per heavy atom. The van der Waals surface area contributed by atoms with Crippen LogP contribution in [0.4, 0.5) is 5.69 Å². The smallest absolute Gasteiger partial charge is 0.262 e. The summed E-state index contributed by atoms with van der Waals surface area (Å²) in [4.78, 5) is 17.8. The maximum atomic E-state index is 12.4. The Balaban J connectivity index is 1.30. The molecule has 1 N–H and O–H groups in total. The minimum atomic E-state index is -0.228. The van der Waals surface area contributed by atoms with Crippen LogP contribution in [0.1, 0.15) is 23.6 Å². The Labute approximate surface area is 218 Å². The van der Waals surface area contributed by atoms with Crippen molar-refractivity contribution < 1.29 is 14.3 Å². The molecular weight excluding hydrogens is 470 g/mol. The molecule has 6 nitrogen and oxygen atoms in total. The average Bonchev–Trinajstić information content (AvgIpc) is 2.93. The number of rotatable bonds is 9. The van der Waals surface area contributed by atoms with Crippen molar-refractivity contribution in [2.45, 2.75) is 19.9 Å². The summed E-state index contributed by atoms with van der Waals surface area (Å²) in [5.74, 6) is 0.833. The third-order valence-corrected chi connectivity index (χ3v) is 6.82. The van der Waals surface area contributed by atoms with Crippen LogP contribution in [-0.4, -0.2) is 60.6 Å². The van der Waals surface area contributed by atoms with Gasteiger partial charge in [0.15, 0.2) is 18.1 Å². The van der Waals surface area contributed by atoms with Gasteiger partial charge in [0.25, 0.3) is 5.91 Å². The van der Waals surface area contributed by atoms with E-state index in [1.54, 1.807) is 7.11 Å². The van der Waals surface area contributed by atoms with E-state index in [0.29, 0.717) is 11.5 Å². The molecular formula is C29H33N3O3S. The number of benzene rings is 3. The highest BCUT2D eigenvalue weighted by atomic mass is 32.1. The predicted octanol–water partition coefficient (Wildman–Crippen LogP) is 4.77. The molecule has 3 aromatic rings. The van der Waals surface area contributed by atoms with Gasteiger partial charge in [0.1, 0.15) is 4.99 Å². The molecule has 3 aromatic carbocycles. The standard InChI is InChI=1S/C29H33N3O3S/c1-3-22-9-12-25(13-10-22)30-28(33)21-35-26-14-11-24(19-27(26)34-2)29(36)32-17-15-31(16-18-32)20-23-7-5-4-6-8-23/h4-14,19H,3,15-18,20-21H2,1-2H3,(H,30,33). The van der Waals surface area contributed by atoms with Gasteiger partial charge < -0.3 is 19.7 Å². The van der Waals surface area contributed by atoms with Crippen LogP contribution in [0.2, 0.25) is 0 Å². The molecule has 1 aliphatic heterocycles. The lowest BCUT2D eigenvalue weighted by Gasteiger charge is -2.36. The van der Waals surface area contributed by atoms with Gasteiger partial charge in [0, 0.05) is 44.0 Å². The van der Waals surface area contributed by atoms with Gasteiger partial charge in [-0.1, -0.05) is 61.6 Å². The van der Waals surface area contributed by atoms with Crippen molar-refractivity contribution in [2.24, 2.45) is 0 Å². The van der Waals surface area contributed by atoms with E-state index in [-0.39, 0.29) is 12.5 Å². The lowest BCUT2D eigenvalue weighted by atomic mass is 10.1. The first-order valence-corrected chi connectivity index (χ1v) is 12.7. The molecule has 36 heavy (non-hydrogen) atoms. The van der Waals surface area contributed by atoms with Crippen LogP contribution in [0, 0.1) is 0 Å². The Morgan fingerprint density at radius 1 is 0.917 bits per heavy atom. The summed E-state index contributed by atoms with van der Waals surface area (Å²) in [6, 6.07) is 24.0. The molecule has 0 bridgehead atoms. The van der Waals surface area contributed by atoms with Crippen molar-refractivity contribution in [3.05, 3.63) is 89.5 Å². The van der Waals surface area contributed by atoms with Crippen LogP contribution < -0.4 is 14.8 Å². The van der Waals surface area contributed by atoms with Gasteiger partial charge in [-0.3, -0.25) is 9.69 Å². The fourth-order valence-corrected chi connectivity index (χ4v) is 4.53. The highest BCUT2D eigenvalue weighted by Gasteiger charge is 2.21. The maximum absolute atomic E-state index is 12.4. The fraction of sp³-hybridized carbons (Fsp3) is 0.310. The first-order valence-electron chi connectivity index (χ1n) is 12.3. The van der Waals surface area contributed by atoms with Gasteiger partial charge in [-0.15, -0.1) is 0 Å². The zero-order valence-corrected chi connectivity index (χ0v) is 21.7. The topological polar surface area (TPSA) is 54.0 Å². The summed E-state index contributed by atoms with van der Waals surface area (Å²) in [7, 11) is 1.59. The van der Waals surface area contributed by atoms with E-state index in [1.807, 2.05) is 48.5 Å². The molecule has 0 radical (unpaired) electrons. The molecule has 1 heterocycles. The monoisotopic (exact) mass is 503 g/mol. The molecule has 0 saturated carbocycles. The van der Waals surface area contributed by atoms with E-state index in [9.17, 15) is 4.79 Å². The quantitative estimate of drug-likeness (QED) is 0.425. The Hall–Kier alpha value is -3.42. The minimum Gasteiger partial charge on any atom is -0.493 e. The third-order valence-electron chi connectivity index (χ3n) is 6.32. The van der Waals surface area contributed by atoms with Crippen molar-refractivity contribution in [1.29, 1.82) is 0 Å². The molecule has 1 amide bonds. The number of carbonyl (C=O) groups excluding carboxylic acids is 1. The molecule has 0 spiro atoms. The van der Waals surface area contributed by atoms with Gasteiger partial charge in [0.05, 0.1) is 7.11 Å². The zero-order chi connectivity index (χ0) is 25.3. The number of ether oxygens (including phenoxy) is 2. The van der Waals surface area contributed by atoms with Gasteiger partial charge >= 0.3 is 0 Å². The number of carbonyl (C=O) groups is 1. The summed E-state index contributed by atoms with van der Waals surface area (Å²) < 4.78 is 11.3. The van der Waals surface area contributed by atoms with Gasteiger partial charge in [-0.05, 0) is 47.9 Å². The van der Waals surface area contributed by atoms with E-state index in [0.717, 1.165) is 55.4 Å². The summed E-state index contributed by atoms with van der Waals surface area (Å²) in [6.07, 6.45) is 0.959. The number of nitrogens with one attached hydrogen (secondary N) is 1. The highest BCUT2D eigenvalue weighted by molar-refractivity contribution is 7.80. The molecule has 0 aliphatic carbocycles. The second-order valence-corrected chi connectivity index (χ2v) is 9.19. The summed E-state index contributed by atoms with van der Waals surface area (Å²) >= 11 is 5.80. The molecule has 0 aromatic heterocycles. The third kappa shape index (κ3) is 6.83. The number of aryl methyl sites for hydroxylation is 1. The molecule has 1 fully saturated rings. The Bertz CT molecular complexity index is 1160. The summed E-state index contributed by atoms with van der Waals surface area (Å²) in [5.41, 5.74) is 4.21. The number of piperazine rings is 1. The first kappa shape index (κ1) is 25.7. The number of hydrogen-bond acceptors (Lipinski definition) is 5. The Kier molecular flexibility index (Phi) is 8.92. The van der Waals surface area contributed by atoms with E-state index >= 15 is 0 Å². The van der Waals surface area contributed by atoms with Crippen LogP contribution in [0.3, 0.4) is 0 Å². The van der Waals surface area contributed by atoms with Crippen molar-refractivity contribution in [3.63, 3.8) is 0 Å². The van der Waals surface area contributed by atoms with E-state index < -0.39 is 0 Å². The minimum absolute atomic E-state index is 0.112. The van der Waals surface area contributed by atoms with Gasteiger partial charge in [-0.25, -0.2) is 0 Å². The second kappa shape index (κ2) is 12.5. The van der Waals surface area contributed by atoms with Crippen LogP contribution >= 0.6 is 12.2 Å². The molecule has 4 rings (SSSR count). The van der Waals surface area contributed by atoms with Crippen molar-refractivity contribution >= 4 is 28.8 Å². The number of hydrogen-bond donors (Lipinski definition) is 1. The molecule has 0 atom stereocenters. The van der Waals surface area contributed by atoms with Crippen LogP contribution in [0.5, 0.6) is 11.5 Å². The zero-order valence-electron chi connectivity index (χ0n) is 20.9. The number of amides is 1. The van der Waals surface area contributed by atoms with Crippen molar-refractivity contribution in [1.82, 2.24) is 9.80 Å². The van der Waals surface area contributed by atoms with Crippen molar-refractivity contribution in [3.8, 4) is 11.5 Å². The van der Waals surface area contributed by atoms with E-state index in [2.05, 4.69) is 46.3 Å². The number of anilines is 1. The van der Waals surface area contributed by atoms with Crippen LogP contribution in [-0.2, 0) is 17.8 Å². The number of methoxy groups -OCH3 is 1. The molecule has 7 heteroatoms. The second-order valence-electron chi connectivity index (χ2n) is 8.81. The highest BCUT2D eigenvalue weighted by Crippen LogP contribution is 2.29. The summed E-state index contributed by atoms with van der Waals surface area (Å²) in [6.45, 7) is 6.63. The van der Waals surface area contributed by atoms with Gasteiger partial charge in [0.2, 0.25) is 0 Å². The number of nitrogens with zero attached hydrogens (tertiary/aromatic N) is 2. The first-order chi connectivity index (χ1) is 17.6. The maximum Gasteiger partial charge on any atom is 0.262 e. The molecule has 0 unspecified atom stereocenters. The predicted molar refractivity (Wildman–Crippen MR) is 148 cm³/mol. The van der Waals surface area contributed by atoms with Crippen LogP contribution in [0.15, 0.2) is 72.8 Å².